The van der Waals surface area contributed by atoms with Crippen molar-refractivity contribution in [3.05, 3.63) is 11.9 Å². The van der Waals surface area contributed by atoms with E-state index in [0.717, 1.165) is 18.7 Å². The molecule has 1 aromatic rings. The summed E-state index contributed by atoms with van der Waals surface area (Å²) in [5.41, 5.74) is 2.55. The van der Waals surface area contributed by atoms with Gasteiger partial charge in [0.05, 0.1) is 6.61 Å². The Morgan fingerprint density at radius 3 is 2.68 bits per heavy atom. The Labute approximate surface area is 115 Å². The summed E-state index contributed by atoms with van der Waals surface area (Å²) in [5, 5.41) is 0. The van der Waals surface area contributed by atoms with Crippen LogP contribution >= 0.6 is 0 Å². The summed E-state index contributed by atoms with van der Waals surface area (Å²) in [6.07, 6.45) is 5.58. The molecule has 0 radical (unpaired) electrons. The molecule has 0 amide bonds. The average Bonchev–Trinajstić information content (AvgIpc) is 2.47. The van der Waals surface area contributed by atoms with Crippen LogP contribution in [0.4, 0.5) is 5.82 Å². The highest BCUT2D eigenvalue weighted by Crippen LogP contribution is 2.17. The first-order chi connectivity index (χ1) is 9.23. The minimum atomic E-state index is 0.592. The zero-order valence-corrected chi connectivity index (χ0v) is 12.3. The number of ether oxygens (including phenoxy) is 1. The summed E-state index contributed by atoms with van der Waals surface area (Å²) < 4.78 is 5.79. The van der Waals surface area contributed by atoms with Gasteiger partial charge in [0, 0.05) is 12.5 Å². The summed E-state index contributed by atoms with van der Waals surface area (Å²) in [7, 11) is 0. The molecular weight excluding hydrogens is 240 g/mol. The Bertz CT molecular complexity index is 348. The molecule has 1 aromatic heterocycles. The fourth-order valence-corrected chi connectivity index (χ4v) is 1.88. The summed E-state index contributed by atoms with van der Waals surface area (Å²) in [4.78, 5) is 8.60. The molecule has 1 heterocycles. The molecule has 5 nitrogen and oxygen atoms in total. The fraction of sp³-hybridized carbons (Fsp3) is 0.714. The molecule has 108 valence electrons. The van der Waals surface area contributed by atoms with E-state index in [1.807, 2.05) is 6.92 Å². The van der Waals surface area contributed by atoms with E-state index in [0.29, 0.717) is 24.2 Å². The van der Waals surface area contributed by atoms with Gasteiger partial charge >= 0.3 is 0 Å². The van der Waals surface area contributed by atoms with Crippen LogP contribution in [0.5, 0.6) is 5.88 Å². The Balaban J connectivity index is 2.60. The lowest BCUT2D eigenvalue weighted by Gasteiger charge is -2.15. The van der Waals surface area contributed by atoms with E-state index in [4.69, 9.17) is 10.6 Å². The van der Waals surface area contributed by atoms with Gasteiger partial charge in [0.1, 0.15) is 11.6 Å². The molecule has 3 N–H and O–H groups in total. The van der Waals surface area contributed by atoms with Crippen molar-refractivity contribution in [1.82, 2.24) is 9.97 Å². The summed E-state index contributed by atoms with van der Waals surface area (Å²) in [6, 6.07) is 1.74. The third kappa shape index (κ3) is 5.42. The zero-order chi connectivity index (χ0) is 14.1. The largest absolute Gasteiger partial charge is 0.477 e. The quantitative estimate of drug-likeness (QED) is 0.531. The highest BCUT2D eigenvalue weighted by Gasteiger charge is 2.09. The number of rotatable bonds is 9. The van der Waals surface area contributed by atoms with Crippen molar-refractivity contribution in [2.45, 2.75) is 52.9 Å². The molecule has 1 atom stereocenters. The van der Waals surface area contributed by atoms with Gasteiger partial charge in [0.15, 0.2) is 0 Å². The Morgan fingerprint density at radius 2 is 2.11 bits per heavy atom. The molecule has 1 rings (SSSR count). The molecule has 0 fully saturated rings. The number of nitrogens with zero attached hydrogens (tertiary/aromatic N) is 2. The van der Waals surface area contributed by atoms with E-state index in [1.165, 1.54) is 19.3 Å². The van der Waals surface area contributed by atoms with E-state index in [9.17, 15) is 0 Å². The molecule has 1 unspecified atom stereocenters. The Morgan fingerprint density at radius 1 is 1.32 bits per heavy atom. The second-order valence-electron chi connectivity index (χ2n) is 4.73. The summed E-state index contributed by atoms with van der Waals surface area (Å²) >= 11 is 0. The number of aryl methyl sites for hydroxylation is 1. The Hall–Kier alpha value is -1.36. The number of hydrogen-bond donors (Lipinski definition) is 2. The number of nitrogens with one attached hydrogen (secondary N) is 1. The van der Waals surface area contributed by atoms with Crippen LogP contribution in [0.15, 0.2) is 6.07 Å². The zero-order valence-electron chi connectivity index (χ0n) is 12.3. The van der Waals surface area contributed by atoms with Gasteiger partial charge < -0.3 is 10.2 Å². The van der Waals surface area contributed by atoms with Crippen LogP contribution < -0.4 is 16.0 Å². The first-order valence-electron chi connectivity index (χ1n) is 7.20. The molecule has 19 heavy (non-hydrogen) atoms. The van der Waals surface area contributed by atoms with Crippen molar-refractivity contribution in [3.63, 3.8) is 0 Å². The summed E-state index contributed by atoms with van der Waals surface area (Å²) in [6.45, 7) is 7.13. The molecule has 0 saturated carbocycles. The average molecular weight is 266 g/mol. The molecular formula is C14H26N4O. The number of unbranched alkanes of at least 4 members (excludes halogenated alkanes) is 1. The predicted molar refractivity (Wildman–Crippen MR) is 78.0 cm³/mol. The van der Waals surface area contributed by atoms with Crippen molar-refractivity contribution in [1.29, 1.82) is 0 Å². The van der Waals surface area contributed by atoms with Crippen molar-refractivity contribution < 1.29 is 4.74 Å². The van der Waals surface area contributed by atoms with Gasteiger partial charge in [-0.3, -0.25) is 0 Å². The minimum Gasteiger partial charge on any atom is -0.477 e. The van der Waals surface area contributed by atoms with Crippen molar-refractivity contribution in [3.8, 4) is 5.88 Å². The number of nitrogens with two attached hydrogens (primary N) is 1. The highest BCUT2D eigenvalue weighted by molar-refractivity contribution is 5.36. The topological polar surface area (TPSA) is 73.1 Å². The van der Waals surface area contributed by atoms with Crippen LogP contribution in [-0.2, 0) is 6.42 Å². The van der Waals surface area contributed by atoms with Gasteiger partial charge in [-0.15, -0.1) is 0 Å². The second-order valence-corrected chi connectivity index (χ2v) is 4.73. The molecule has 0 bridgehead atoms. The first kappa shape index (κ1) is 15.7. The van der Waals surface area contributed by atoms with Gasteiger partial charge in [0.2, 0.25) is 5.88 Å². The summed E-state index contributed by atoms with van der Waals surface area (Å²) in [5.74, 6) is 7.94. The number of hydrazine groups is 1. The molecule has 5 heteroatoms. The van der Waals surface area contributed by atoms with Crippen LogP contribution in [0.2, 0.25) is 0 Å². The van der Waals surface area contributed by atoms with E-state index in [-0.39, 0.29) is 0 Å². The minimum absolute atomic E-state index is 0.592. The normalized spacial score (nSPS) is 12.2. The van der Waals surface area contributed by atoms with Crippen LogP contribution in [-0.4, -0.2) is 16.6 Å². The lowest BCUT2D eigenvalue weighted by molar-refractivity contribution is 0.225. The third-order valence-corrected chi connectivity index (χ3v) is 3.22. The van der Waals surface area contributed by atoms with Gasteiger partial charge in [0.25, 0.3) is 0 Å². The molecule has 0 aliphatic rings. The van der Waals surface area contributed by atoms with Gasteiger partial charge in [-0.05, 0) is 12.3 Å². The maximum atomic E-state index is 5.79. The Kier molecular flexibility index (Phi) is 7.18. The lowest BCUT2D eigenvalue weighted by Crippen LogP contribution is -2.14. The maximum absolute atomic E-state index is 5.79. The predicted octanol–water partition coefficient (Wildman–Crippen LogP) is 2.92. The molecule has 0 aliphatic heterocycles. The van der Waals surface area contributed by atoms with E-state index in [1.54, 1.807) is 6.07 Å². The van der Waals surface area contributed by atoms with Crippen LogP contribution in [0.1, 0.15) is 52.3 Å². The third-order valence-electron chi connectivity index (χ3n) is 3.22. The number of aromatic nitrogens is 2. The molecule has 0 aliphatic carbocycles. The molecule has 0 saturated heterocycles. The van der Waals surface area contributed by atoms with Crippen molar-refractivity contribution in [2.24, 2.45) is 11.8 Å². The smallest absolute Gasteiger partial charge is 0.218 e. The van der Waals surface area contributed by atoms with Crippen molar-refractivity contribution in [2.75, 3.05) is 12.0 Å². The maximum Gasteiger partial charge on any atom is 0.218 e. The van der Waals surface area contributed by atoms with Crippen LogP contribution in [0, 0.1) is 5.92 Å². The van der Waals surface area contributed by atoms with Gasteiger partial charge in [-0.25, -0.2) is 10.8 Å². The molecule has 0 spiro atoms. The van der Waals surface area contributed by atoms with E-state index < -0.39 is 0 Å². The van der Waals surface area contributed by atoms with E-state index in [2.05, 4.69) is 29.2 Å². The SMILES string of the molecule is CCCCC(CC)COc1cc(NN)nc(CC)n1. The standard InChI is InChI=1S/C14H26N4O/c1-4-7-8-11(5-2)10-19-14-9-13(18-15)16-12(6-3)17-14/h9,11H,4-8,10,15H2,1-3H3,(H,16,17,18). The van der Waals surface area contributed by atoms with Crippen LogP contribution in [0.25, 0.3) is 0 Å². The van der Waals surface area contributed by atoms with Gasteiger partial charge in [-0.2, -0.15) is 4.98 Å². The fourth-order valence-electron chi connectivity index (χ4n) is 1.88. The number of nitrogen functional groups attached to an aromatic ring is 1. The lowest BCUT2D eigenvalue weighted by atomic mass is 10.0. The van der Waals surface area contributed by atoms with Gasteiger partial charge in [-0.1, -0.05) is 40.0 Å². The highest BCUT2D eigenvalue weighted by atomic mass is 16.5. The number of anilines is 1. The first-order valence-corrected chi connectivity index (χ1v) is 7.20. The van der Waals surface area contributed by atoms with Crippen LogP contribution in [0.3, 0.4) is 0 Å². The van der Waals surface area contributed by atoms with Crippen molar-refractivity contribution >= 4 is 5.82 Å². The number of hydrogen-bond acceptors (Lipinski definition) is 5. The molecule has 0 aromatic carbocycles. The monoisotopic (exact) mass is 266 g/mol. The second kappa shape index (κ2) is 8.69. The van der Waals surface area contributed by atoms with E-state index >= 15 is 0 Å².